The minimum atomic E-state index is 0.0273. The van der Waals surface area contributed by atoms with E-state index in [-0.39, 0.29) is 11.2 Å². The maximum Gasteiger partial charge on any atom is 0.176 e. The molecule has 0 atom stereocenters. The molecule has 0 amide bonds. The van der Waals surface area contributed by atoms with Gasteiger partial charge in [-0.2, -0.15) is 0 Å². The molecule has 20 heavy (non-hydrogen) atoms. The van der Waals surface area contributed by atoms with E-state index < -0.39 is 0 Å². The van der Waals surface area contributed by atoms with Gasteiger partial charge in [-0.15, -0.1) is 0 Å². The number of benzene rings is 1. The highest BCUT2D eigenvalue weighted by Gasteiger charge is 2.07. The Bertz CT molecular complexity index is 512. The number of likely N-dealkylation sites (N-methyl/N-ethyl adjacent to an activating group) is 1. The van der Waals surface area contributed by atoms with Crippen molar-refractivity contribution in [1.29, 1.82) is 0 Å². The van der Waals surface area contributed by atoms with Gasteiger partial charge in [-0.25, -0.2) is 0 Å². The van der Waals surface area contributed by atoms with Crippen molar-refractivity contribution in [2.45, 2.75) is 20.8 Å². The Kier molecular flexibility index (Phi) is 6.21. The van der Waals surface area contributed by atoms with Crippen LogP contribution in [0.25, 0.3) is 0 Å². The molecule has 0 bridgehead atoms. The largest absolute Gasteiger partial charge is 0.295 e. The Morgan fingerprint density at radius 2 is 1.90 bits per heavy atom. The third-order valence-electron chi connectivity index (χ3n) is 2.57. The SMILES string of the molecule is CN(CC=CC#CC(C)(C)C)CC(=O)c1ccccc1. The summed E-state index contributed by atoms with van der Waals surface area (Å²) in [4.78, 5) is 14.0. The summed E-state index contributed by atoms with van der Waals surface area (Å²) in [5.74, 6) is 6.30. The predicted octanol–water partition coefficient (Wildman–Crippen LogP) is 3.41. The number of Topliss-reactive ketones (excluding diaryl/α,β-unsaturated/α-hetero) is 1. The second-order valence-electron chi connectivity index (χ2n) is 5.91. The second-order valence-corrected chi connectivity index (χ2v) is 5.91. The van der Waals surface area contributed by atoms with Gasteiger partial charge in [0, 0.05) is 17.5 Å². The van der Waals surface area contributed by atoms with Gasteiger partial charge in [-0.3, -0.25) is 9.69 Å². The number of allylic oxidation sites excluding steroid dienone is 1. The quantitative estimate of drug-likeness (QED) is 0.603. The summed E-state index contributed by atoms with van der Waals surface area (Å²) in [6.07, 6.45) is 3.84. The molecular formula is C18H23NO. The van der Waals surface area contributed by atoms with E-state index in [4.69, 9.17) is 0 Å². The smallest absolute Gasteiger partial charge is 0.176 e. The molecule has 2 nitrogen and oxygen atoms in total. The summed E-state index contributed by atoms with van der Waals surface area (Å²) in [5, 5.41) is 0. The van der Waals surface area contributed by atoms with Crippen LogP contribution in [-0.4, -0.2) is 30.8 Å². The normalized spacial score (nSPS) is 11.4. The van der Waals surface area contributed by atoms with Gasteiger partial charge in [0.2, 0.25) is 0 Å². The Labute approximate surface area is 122 Å². The van der Waals surface area contributed by atoms with Crippen LogP contribution in [0.15, 0.2) is 42.5 Å². The zero-order valence-electron chi connectivity index (χ0n) is 12.8. The highest BCUT2D eigenvalue weighted by molar-refractivity contribution is 5.97. The van der Waals surface area contributed by atoms with Crippen molar-refractivity contribution in [2.24, 2.45) is 5.41 Å². The van der Waals surface area contributed by atoms with E-state index in [1.165, 1.54) is 0 Å². The van der Waals surface area contributed by atoms with Gasteiger partial charge >= 0.3 is 0 Å². The highest BCUT2D eigenvalue weighted by Crippen LogP contribution is 2.09. The van der Waals surface area contributed by atoms with Gasteiger partial charge < -0.3 is 0 Å². The molecule has 106 valence electrons. The fraction of sp³-hybridized carbons (Fsp3) is 0.389. The maximum atomic E-state index is 12.0. The Hall–Kier alpha value is -1.85. The monoisotopic (exact) mass is 269 g/mol. The van der Waals surface area contributed by atoms with Crippen molar-refractivity contribution < 1.29 is 4.79 Å². The number of carbonyl (C=O) groups excluding carboxylic acids is 1. The zero-order chi connectivity index (χ0) is 15.0. The van der Waals surface area contributed by atoms with E-state index >= 15 is 0 Å². The van der Waals surface area contributed by atoms with E-state index in [0.717, 1.165) is 12.1 Å². The van der Waals surface area contributed by atoms with Crippen LogP contribution in [-0.2, 0) is 0 Å². The number of ketones is 1. The van der Waals surface area contributed by atoms with Crippen LogP contribution in [0.2, 0.25) is 0 Å². The number of hydrogen-bond donors (Lipinski definition) is 0. The third kappa shape index (κ3) is 6.92. The summed E-state index contributed by atoms with van der Waals surface area (Å²) in [7, 11) is 1.93. The summed E-state index contributed by atoms with van der Waals surface area (Å²) < 4.78 is 0. The first-order valence-electron chi connectivity index (χ1n) is 6.83. The number of carbonyl (C=O) groups is 1. The zero-order valence-corrected chi connectivity index (χ0v) is 12.8. The lowest BCUT2D eigenvalue weighted by Crippen LogP contribution is -2.26. The Morgan fingerprint density at radius 3 is 2.50 bits per heavy atom. The van der Waals surface area contributed by atoms with E-state index in [1.807, 2.05) is 54.4 Å². The van der Waals surface area contributed by atoms with Gasteiger partial charge in [0.15, 0.2) is 5.78 Å². The first-order chi connectivity index (χ1) is 9.38. The van der Waals surface area contributed by atoms with Gasteiger partial charge in [0.1, 0.15) is 0 Å². The molecule has 1 rings (SSSR count). The summed E-state index contributed by atoms with van der Waals surface area (Å²) in [6.45, 7) is 7.38. The van der Waals surface area contributed by atoms with Crippen molar-refractivity contribution in [3.63, 3.8) is 0 Å². The summed E-state index contributed by atoms with van der Waals surface area (Å²) >= 11 is 0. The average molecular weight is 269 g/mol. The molecule has 0 aliphatic rings. The number of hydrogen-bond acceptors (Lipinski definition) is 2. The topological polar surface area (TPSA) is 20.3 Å². The molecule has 0 saturated carbocycles. The van der Waals surface area contributed by atoms with E-state index in [0.29, 0.717) is 6.54 Å². The van der Waals surface area contributed by atoms with E-state index in [1.54, 1.807) is 0 Å². The van der Waals surface area contributed by atoms with Crippen molar-refractivity contribution >= 4 is 5.78 Å². The van der Waals surface area contributed by atoms with Crippen molar-refractivity contribution in [3.8, 4) is 11.8 Å². The fourth-order valence-electron chi connectivity index (χ4n) is 1.57. The fourth-order valence-corrected chi connectivity index (χ4v) is 1.57. The van der Waals surface area contributed by atoms with E-state index in [9.17, 15) is 4.79 Å². The van der Waals surface area contributed by atoms with Crippen molar-refractivity contribution in [3.05, 3.63) is 48.0 Å². The lowest BCUT2D eigenvalue weighted by atomic mass is 9.98. The highest BCUT2D eigenvalue weighted by atomic mass is 16.1. The molecule has 0 unspecified atom stereocenters. The molecule has 0 fully saturated rings. The van der Waals surface area contributed by atoms with Gasteiger partial charge in [0.05, 0.1) is 6.54 Å². The van der Waals surface area contributed by atoms with Crippen molar-refractivity contribution in [1.82, 2.24) is 4.90 Å². The molecular weight excluding hydrogens is 246 g/mol. The molecule has 0 saturated heterocycles. The van der Waals surface area contributed by atoms with Gasteiger partial charge in [0.25, 0.3) is 0 Å². The van der Waals surface area contributed by atoms with Gasteiger partial charge in [-0.1, -0.05) is 48.2 Å². The predicted molar refractivity (Wildman–Crippen MR) is 84.6 cm³/mol. The molecule has 0 spiro atoms. The molecule has 1 aromatic rings. The first kappa shape index (κ1) is 16.2. The molecule has 0 heterocycles. The standard InChI is InChI=1S/C18H23NO/c1-18(2,3)13-9-6-10-14-19(4)15-17(20)16-11-7-5-8-12-16/h5-8,10-12H,14-15H2,1-4H3. The molecule has 1 aromatic carbocycles. The minimum Gasteiger partial charge on any atom is -0.295 e. The van der Waals surface area contributed by atoms with Crippen LogP contribution < -0.4 is 0 Å². The van der Waals surface area contributed by atoms with Crippen LogP contribution in [0.5, 0.6) is 0 Å². The molecule has 0 aliphatic heterocycles. The molecule has 0 N–H and O–H groups in total. The van der Waals surface area contributed by atoms with Crippen LogP contribution in [0.3, 0.4) is 0 Å². The summed E-state index contributed by atoms with van der Waals surface area (Å²) in [6, 6.07) is 9.38. The van der Waals surface area contributed by atoms with Crippen LogP contribution in [0, 0.1) is 17.3 Å². The maximum absolute atomic E-state index is 12.0. The molecule has 2 heteroatoms. The van der Waals surface area contributed by atoms with Gasteiger partial charge in [-0.05, 0) is 33.9 Å². The van der Waals surface area contributed by atoms with Crippen molar-refractivity contribution in [2.75, 3.05) is 20.1 Å². The van der Waals surface area contributed by atoms with Crippen LogP contribution in [0.1, 0.15) is 31.1 Å². The summed E-state index contributed by atoms with van der Waals surface area (Å²) in [5.41, 5.74) is 0.787. The first-order valence-corrected chi connectivity index (χ1v) is 6.83. The minimum absolute atomic E-state index is 0.0273. The number of nitrogens with zero attached hydrogens (tertiary/aromatic N) is 1. The van der Waals surface area contributed by atoms with Crippen LogP contribution in [0.4, 0.5) is 0 Å². The molecule has 0 aromatic heterocycles. The molecule has 0 aliphatic carbocycles. The Balaban J connectivity index is 2.40. The Morgan fingerprint density at radius 1 is 1.25 bits per heavy atom. The lowest BCUT2D eigenvalue weighted by molar-refractivity contribution is 0.0952. The second kappa shape index (κ2) is 7.67. The van der Waals surface area contributed by atoms with Crippen LogP contribution >= 0.6 is 0 Å². The average Bonchev–Trinajstić information content (AvgIpc) is 2.38. The molecule has 0 radical (unpaired) electrons. The van der Waals surface area contributed by atoms with E-state index in [2.05, 4.69) is 32.6 Å². The number of rotatable bonds is 5. The third-order valence-corrected chi connectivity index (χ3v) is 2.57. The lowest BCUT2D eigenvalue weighted by Gasteiger charge is -2.12.